The smallest absolute Gasteiger partial charge is 0.328 e. The van der Waals surface area contributed by atoms with Crippen molar-refractivity contribution in [1.82, 2.24) is 5.32 Å². The predicted octanol–water partition coefficient (Wildman–Crippen LogP) is 0.867. The molecule has 0 aliphatic carbocycles. The fourth-order valence-corrected chi connectivity index (χ4v) is 2.16. The molecule has 21 heavy (non-hydrogen) atoms. The molecule has 0 aromatic heterocycles. The predicted molar refractivity (Wildman–Crippen MR) is 79.9 cm³/mol. The Labute approximate surface area is 123 Å². The number of hydrogen-bond donors (Lipinski definition) is 2. The van der Waals surface area contributed by atoms with Crippen LogP contribution in [0, 0.1) is 6.92 Å². The van der Waals surface area contributed by atoms with E-state index in [1.807, 2.05) is 0 Å². The first-order valence-electron chi connectivity index (χ1n) is 6.17. The molecule has 0 aliphatic rings. The number of carboxylic acids is 1. The number of benzene rings is 1. The van der Waals surface area contributed by atoms with Gasteiger partial charge in [-0.3, -0.25) is 4.79 Å². The lowest BCUT2D eigenvalue weighted by molar-refractivity contribution is -0.131. The van der Waals surface area contributed by atoms with Gasteiger partial charge in [-0.15, -0.1) is 0 Å². The monoisotopic (exact) mass is 311 g/mol. The molecule has 1 aromatic carbocycles. The van der Waals surface area contributed by atoms with E-state index in [1.54, 1.807) is 25.1 Å². The first kappa shape index (κ1) is 16.9. The Morgan fingerprint density at radius 3 is 2.57 bits per heavy atom. The van der Waals surface area contributed by atoms with Crippen LogP contribution in [0.2, 0.25) is 0 Å². The van der Waals surface area contributed by atoms with Crippen LogP contribution < -0.4 is 5.32 Å². The Bertz CT molecular complexity index is 677. The lowest BCUT2D eigenvalue weighted by Gasteiger charge is -2.09. The van der Waals surface area contributed by atoms with Gasteiger partial charge in [0.15, 0.2) is 0 Å². The molecular formula is C14H17NO5S. The number of amides is 1. The van der Waals surface area contributed by atoms with Gasteiger partial charge in [-0.05, 0) is 30.2 Å². The van der Waals surface area contributed by atoms with E-state index >= 15 is 0 Å². The van der Waals surface area contributed by atoms with Gasteiger partial charge in [0.2, 0.25) is 0 Å². The highest BCUT2D eigenvalue weighted by Crippen LogP contribution is 2.15. The summed E-state index contributed by atoms with van der Waals surface area (Å²) < 4.78 is 22.0. The van der Waals surface area contributed by atoms with Gasteiger partial charge in [0.05, 0.1) is 5.75 Å². The summed E-state index contributed by atoms with van der Waals surface area (Å²) in [6.07, 6.45) is 3.50. The van der Waals surface area contributed by atoms with Crippen molar-refractivity contribution in [2.75, 3.05) is 18.6 Å². The maximum Gasteiger partial charge on any atom is 0.328 e. The average Bonchev–Trinajstić information content (AvgIpc) is 2.35. The van der Waals surface area contributed by atoms with Gasteiger partial charge in [0.25, 0.3) is 5.91 Å². The molecule has 6 nitrogen and oxygen atoms in total. The summed E-state index contributed by atoms with van der Waals surface area (Å²) in [5.41, 5.74) is 1.64. The van der Waals surface area contributed by atoms with Crippen molar-refractivity contribution >= 4 is 27.8 Å². The van der Waals surface area contributed by atoms with Gasteiger partial charge < -0.3 is 10.4 Å². The molecule has 2 N–H and O–H groups in total. The summed E-state index contributed by atoms with van der Waals surface area (Å²) in [7, 11) is -3.13. The standard InChI is InChI=1S/C14H17NO5S/c1-10-11(6-7-13(16)17)4-3-5-12(10)14(18)15-8-9-21(2,19)20/h3-7H,8-9H2,1-2H3,(H,15,18)(H,16,17). The highest BCUT2D eigenvalue weighted by Gasteiger charge is 2.11. The molecule has 0 heterocycles. The molecule has 0 saturated carbocycles. The van der Waals surface area contributed by atoms with Gasteiger partial charge in [-0.1, -0.05) is 12.1 Å². The van der Waals surface area contributed by atoms with E-state index in [-0.39, 0.29) is 18.2 Å². The lowest BCUT2D eigenvalue weighted by Crippen LogP contribution is -2.29. The van der Waals surface area contributed by atoms with Crippen molar-refractivity contribution in [2.24, 2.45) is 0 Å². The Morgan fingerprint density at radius 1 is 1.33 bits per heavy atom. The highest BCUT2D eigenvalue weighted by molar-refractivity contribution is 7.90. The van der Waals surface area contributed by atoms with E-state index in [2.05, 4.69) is 5.32 Å². The third-order valence-electron chi connectivity index (χ3n) is 2.78. The maximum atomic E-state index is 12.0. The van der Waals surface area contributed by atoms with E-state index in [0.717, 1.165) is 12.3 Å². The number of hydrogen-bond acceptors (Lipinski definition) is 4. The minimum atomic E-state index is -3.13. The summed E-state index contributed by atoms with van der Waals surface area (Å²) in [5, 5.41) is 11.1. The fraction of sp³-hybridized carbons (Fsp3) is 0.286. The number of sulfone groups is 1. The van der Waals surface area contributed by atoms with E-state index in [4.69, 9.17) is 5.11 Å². The molecule has 1 rings (SSSR count). The molecule has 114 valence electrons. The zero-order chi connectivity index (χ0) is 16.0. The highest BCUT2D eigenvalue weighted by atomic mass is 32.2. The molecule has 0 saturated heterocycles. The second-order valence-corrected chi connectivity index (χ2v) is 6.84. The number of carboxylic acid groups (broad SMARTS) is 1. The normalized spacial score (nSPS) is 11.5. The second-order valence-electron chi connectivity index (χ2n) is 4.58. The van der Waals surface area contributed by atoms with Crippen LogP contribution in [-0.2, 0) is 14.6 Å². The van der Waals surface area contributed by atoms with Crippen LogP contribution in [-0.4, -0.2) is 44.0 Å². The molecule has 0 unspecified atom stereocenters. The topological polar surface area (TPSA) is 101 Å². The van der Waals surface area contributed by atoms with Gasteiger partial charge in [-0.2, -0.15) is 0 Å². The van der Waals surface area contributed by atoms with Crippen LogP contribution in [0.15, 0.2) is 24.3 Å². The minimum absolute atomic E-state index is 0.0340. The molecule has 0 atom stereocenters. The third kappa shape index (κ3) is 5.78. The van der Waals surface area contributed by atoms with Crippen molar-refractivity contribution in [1.29, 1.82) is 0 Å². The summed E-state index contributed by atoms with van der Waals surface area (Å²) >= 11 is 0. The SMILES string of the molecule is Cc1c(C=CC(=O)O)cccc1C(=O)NCCS(C)(=O)=O. The van der Waals surface area contributed by atoms with Crippen LogP contribution in [0.25, 0.3) is 6.08 Å². The number of nitrogens with one attached hydrogen (secondary N) is 1. The van der Waals surface area contributed by atoms with E-state index < -0.39 is 15.8 Å². The minimum Gasteiger partial charge on any atom is -0.478 e. The average molecular weight is 311 g/mol. The molecular weight excluding hydrogens is 294 g/mol. The maximum absolute atomic E-state index is 12.0. The number of rotatable bonds is 6. The first-order valence-corrected chi connectivity index (χ1v) is 8.23. The molecule has 0 bridgehead atoms. The fourth-order valence-electron chi connectivity index (χ4n) is 1.69. The van der Waals surface area contributed by atoms with Crippen molar-refractivity contribution in [3.63, 3.8) is 0 Å². The summed E-state index contributed by atoms with van der Waals surface area (Å²) in [4.78, 5) is 22.5. The van der Waals surface area contributed by atoms with Gasteiger partial charge in [0, 0.05) is 24.4 Å². The summed E-state index contributed by atoms with van der Waals surface area (Å²) in [5.74, 6) is -1.59. The third-order valence-corrected chi connectivity index (χ3v) is 3.73. The Morgan fingerprint density at radius 2 is 2.00 bits per heavy atom. The lowest BCUT2D eigenvalue weighted by atomic mass is 10.0. The zero-order valence-corrected chi connectivity index (χ0v) is 12.6. The second kappa shape index (κ2) is 7.03. The van der Waals surface area contributed by atoms with E-state index in [9.17, 15) is 18.0 Å². The molecule has 1 amide bonds. The van der Waals surface area contributed by atoms with Crippen molar-refractivity contribution in [3.8, 4) is 0 Å². The van der Waals surface area contributed by atoms with Gasteiger partial charge in [0.1, 0.15) is 9.84 Å². The largest absolute Gasteiger partial charge is 0.478 e. The van der Waals surface area contributed by atoms with Gasteiger partial charge in [-0.25, -0.2) is 13.2 Å². The molecule has 7 heteroatoms. The van der Waals surface area contributed by atoms with Crippen molar-refractivity contribution < 1.29 is 23.1 Å². The van der Waals surface area contributed by atoms with E-state index in [0.29, 0.717) is 16.7 Å². The number of carbonyl (C=O) groups excluding carboxylic acids is 1. The Kier molecular flexibility index (Phi) is 5.66. The van der Waals surface area contributed by atoms with E-state index in [1.165, 1.54) is 6.08 Å². The molecule has 0 radical (unpaired) electrons. The van der Waals surface area contributed by atoms with Crippen LogP contribution in [0.3, 0.4) is 0 Å². The molecule has 0 aliphatic heterocycles. The van der Waals surface area contributed by atoms with Crippen LogP contribution >= 0.6 is 0 Å². The van der Waals surface area contributed by atoms with Crippen molar-refractivity contribution in [2.45, 2.75) is 6.92 Å². The summed E-state index contributed by atoms with van der Waals surface area (Å²) in [6, 6.07) is 4.94. The molecule has 0 fully saturated rings. The molecule has 0 spiro atoms. The quantitative estimate of drug-likeness (QED) is 0.759. The number of aliphatic carboxylic acids is 1. The summed E-state index contributed by atoms with van der Waals surface area (Å²) in [6.45, 7) is 1.74. The van der Waals surface area contributed by atoms with Crippen LogP contribution in [0.1, 0.15) is 21.5 Å². The van der Waals surface area contributed by atoms with Crippen molar-refractivity contribution in [3.05, 3.63) is 41.0 Å². The number of carbonyl (C=O) groups is 2. The van der Waals surface area contributed by atoms with Gasteiger partial charge >= 0.3 is 5.97 Å². The Hall–Kier alpha value is -2.15. The Balaban J connectivity index is 2.86. The molecule has 1 aromatic rings. The zero-order valence-electron chi connectivity index (χ0n) is 11.8. The van der Waals surface area contributed by atoms with Crippen LogP contribution in [0.5, 0.6) is 0 Å². The first-order chi connectivity index (χ1) is 9.70. The van der Waals surface area contributed by atoms with Crippen LogP contribution in [0.4, 0.5) is 0 Å².